The summed E-state index contributed by atoms with van der Waals surface area (Å²) in [6.07, 6.45) is 0. The van der Waals surface area contributed by atoms with Crippen molar-refractivity contribution >= 4 is 43.4 Å². The molecule has 4 nitrogen and oxygen atoms in total. The van der Waals surface area contributed by atoms with Crippen LogP contribution in [0.1, 0.15) is 10.4 Å². The maximum absolute atomic E-state index is 12.4. The van der Waals surface area contributed by atoms with Crippen molar-refractivity contribution in [2.75, 3.05) is 7.11 Å². The number of para-hydroxylation sites is 2. The highest BCUT2D eigenvalue weighted by Gasteiger charge is 2.12. The van der Waals surface area contributed by atoms with Gasteiger partial charge in [-0.25, -0.2) is 0 Å². The Morgan fingerprint density at radius 2 is 2.00 bits per heavy atom. The lowest BCUT2D eigenvalue weighted by Gasteiger charge is -2.03. The van der Waals surface area contributed by atoms with Crippen molar-refractivity contribution in [1.29, 1.82) is 0 Å². The molecule has 0 saturated carbocycles. The number of amides is 1. The predicted octanol–water partition coefficient (Wildman–Crippen LogP) is 3.75. The first kappa shape index (κ1) is 15.0. The van der Waals surface area contributed by atoms with Gasteiger partial charge in [0.05, 0.1) is 22.9 Å². The molecule has 0 aliphatic carbocycles. The lowest BCUT2D eigenvalue weighted by Crippen LogP contribution is -2.13. The van der Waals surface area contributed by atoms with Gasteiger partial charge in [0.2, 0.25) is 0 Å². The standard InChI is InChI=1S/C16H13BrN2O2S/c1-19-14-11(17)7-5-9-13(14)22-16(19)18-15(20)10-6-3-4-8-12(10)21-2/h3-9H,1-2H3. The van der Waals surface area contributed by atoms with E-state index in [-0.39, 0.29) is 5.91 Å². The van der Waals surface area contributed by atoms with Crippen molar-refractivity contribution in [3.05, 3.63) is 57.3 Å². The van der Waals surface area contributed by atoms with E-state index >= 15 is 0 Å². The van der Waals surface area contributed by atoms with Crippen LogP contribution < -0.4 is 9.54 Å². The molecular weight excluding hydrogens is 364 g/mol. The summed E-state index contributed by atoms with van der Waals surface area (Å²) in [5.74, 6) is 0.219. The highest BCUT2D eigenvalue weighted by molar-refractivity contribution is 9.10. The topological polar surface area (TPSA) is 43.6 Å². The molecule has 0 aliphatic rings. The number of benzene rings is 2. The SMILES string of the molecule is COc1ccccc1C(=O)N=c1sc2cccc(Br)c2n1C. The number of halogens is 1. The zero-order chi connectivity index (χ0) is 15.7. The van der Waals surface area contributed by atoms with Crippen LogP contribution in [0.15, 0.2) is 51.9 Å². The van der Waals surface area contributed by atoms with Crippen LogP contribution in [0.2, 0.25) is 0 Å². The van der Waals surface area contributed by atoms with Crippen molar-refractivity contribution in [2.24, 2.45) is 12.0 Å². The van der Waals surface area contributed by atoms with Gasteiger partial charge in [-0.1, -0.05) is 29.5 Å². The molecule has 0 spiro atoms. The first-order chi connectivity index (χ1) is 10.6. The fourth-order valence-corrected chi connectivity index (χ4v) is 4.04. The Hall–Kier alpha value is -1.92. The number of aryl methyl sites for hydroxylation is 1. The van der Waals surface area contributed by atoms with Crippen LogP contribution in [-0.2, 0) is 7.05 Å². The second-order valence-corrected chi connectivity index (χ2v) is 6.51. The van der Waals surface area contributed by atoms with Gasteiger partial charge in [0, 0.05) is 11.5 Å². The number of ether oxygens (including phenoxy) is 1. The van der Waals surface area contributed by atoms with Crippen LogP contribution >= 0.6 is 27.3 Å². The Labute approximate surface area is 139 Å². The third kappa shape index (κ3) is 2.60. The maximum Gasteiger partial charge on any atom is 0.283 e. The fourth-order valence-electron chi connectivity index (χ4n) is 2.23. The number of nitrogens with zero attached hydrogens (tertiary/aromatic N) is 2. The Kier molecular flexibility index (Phi) is 4.13. The van der Waals surface area contributed by atoms with E-state index in [1.807, 2.05) is 35.9 Å². The lowest BCUT2D eigenvalue weighted by atomic mass is 10.2. The summed E-state index contributed by atoms with van der Waals surface area (Å²) in [6.45, 7) is 0. The number of thiazole rings is 1. The highest BCUT2D eigenvalue weighted by Crippen LogP contribution is 2.25. The largest absolute Gasteiger partial charge is 0.496 e. The summed E-state index contributed by atoms with van der Waals surface area (Å²) in [4.78, 5) is 17.4. The zero-order valence-electron chi connectivity index (χ0n) is 12.0. The Bertz CT molecular complexity index is 927. The minimum Gasteiger partial charge on any atom is -0.496 e. The molecule has 1 aromatic heterocycles. The van der Waals surface area contributed by atoms with Gasteiger partial charge in [0.15, 0.2) is 4.80 Å². The molecule has 22 heavy (non-hydrogen) atoms. The van der Waals surface area contributed by atoms with Gasteiger partial charge in [-0.15, -0.1) is 0 Å². The minimum absolute atomic E-state index is 0.310. The molecule has 1 heterocycles. The van der Waals surface area contributed by atoms with E-state index in [1.165, 1.54) is 11.3 Å². The monoisotopic (exact) mass is 376 g/mol. The summed E-state index contributed by atoms with van der Waals surface area (Å²) in [6, 6.07) is 13.0. The molecule has 0 saturated heterocycles. The van der Waals surface area contributed by atoms with Gasteiger partial charge in [-0.05, 0) is 40.2 Å². The van der Waals surface area contributed by atoms with E-state index in [4.69, 9.17) is 4.74 Å². The van der Waals surface area contributed by atoms with Gasteiger partial charge in [-0.3, -0.25) is 4.79 Å². The zero-order valence-corrected chi connectivity index (χ0v) is 14.4. The second kappa shape index (κ2) is 6.06. The van der Waals surface area contributed by atoms with Crippen LogP contribution in [0.25, 0.3) is 10.2 Å². The Balaban J connectivity index is 2.15. The predicted molar refractivity (Wildman–Crippen MR) is 91.4 cm³/mol. The number of rotatable bonds is 2. The third-order valence-corrected chi connectivity index (χ3v) is 5.04. The normalized spacial score (nSPS) is 11.9. The molecule has 0 radical (unpaired) electrons. The number of hydrogen-bond acceptors (Lipinski definition) is 3. The molecule has 112 valence electrons. The van der Waals surface area contributed by atoms with E-state index in [9.17, 15) is 4.79 Å². The number of fused-ring (bicyclic) bond motifs is 1. The smallest absolute Gasteiger partial charge is 0.283 e. The third-order valence-electron chi connectivity index (χ3n) is 3.31. The number of carbonyl (C=O) groups excluding carboxylic acids is 1. The molecule has 0 aliphatic heterocycles. The number of carbonyl (C=O) groups is 1. The quantitative estimate of drug-likeness (QED) is 0.683. The van der Waals surface area contributed by atoms with E-state index in [0.717, 1.165) is 14.7 Å². The van der Waals surface area contributed by atoms with Crippen molar-refractivity contribution in [1.82, 2.24) is 4.57 Å². The molecule has 2 aromatic carbocycles. The van der Waals surface area contributed by atoms with Crippen LogP contribution in [0.5, 0.6) is 5.75 Å². The summed E-state index contributed by atoms with van der Waals surface area (Å²) in [7, 11) is 3.45. The second-order valence-electron chi connectivity index (χ2n) is 4.65. The molecule has 0 N–H and O–H groups in total. The minimum atomic E-state index is -0.310. The molecule has 3 rings (SSSR count). The van der Waals surface area contributed by atoms with Crippen LogP contribution in [-0.4, -0.2) is 17.6 Å². The van der Waals surface area contributed by atoms with E-state index in [1.54, 1.807) is 25.3 Å². The number of methoxy groups -OCH3 is 1. The van der Waals surface area contributed by atoms with Gasteiger partial charge < -0.3 is 9.30 Å². The summed E-state index contributed by atoms with van der Waals surface area (Å²) < 4.78 is 9.19. The molecule has 0 bridgehead atoms. The van der Waals surface area contributed by atoms with Crippen LogP contribution in [0.3, 0.4) is 0 Å². The molecule has 0 fully saturated rings. The maximum atomic E-state index is 12.4. The molecule has 0 atom stereocenters. The van der Waals surface area contributed by atoms with E-state index in [2.05, 4.69) is 20.9 Å². The highest BCUT2D eigenvalue weighted by atomic mass is 79.9. The molecular formula is C16H13BrN2O2S. The molecule has 0 unspecified atom stereocenters. The van der Waals surface area contributed by atoms with Crippen molar-refractivity contribution < 1.29 is 9.53 Å². The average molecular weight is 377 g/mol. The molecule has 1 amide bonds. The average Bonchev–Trinajstić information content (AvgIpc) is 2.84. The first-order valence-corrected chi connectivity index (χ1v) is 8.19. The first-order valence-electron chi connectivity index (χ1n) is 6.58. The van der Waals surface area contributed by atoms with Gasteiger partial charge >= 0.3 is 0 Å². The van der Waals surface area contributed by atoms with Crippen molar-refractivity contribution in [2.45, 2.75) is 0 Å². The van der Waals surface area contributed by atoms with Gasteiger partial charge in [-0.2, -0.15) is 4.99 Å². The van der Waals surface area contributed by atoms with E-state index < -0.39 is 0 Å². The van der Waals surface area contributed by atoms with Crippen LogP contribution in [0, 0.1) is 0 Å². The number of hydrogen-bond donors (Lipinski definition) is 0. The van der Waals surface area contributed by atoms with Gasteiger partial charge in [0.1, 0.15) is 5.75 Å². The van der Waals surface area contributed by atoms with Gasteiger partial charge in [0.25, 0.3) is 5.91 Å². The summed E-state index contributed by atoms with van der Waals surface area (Å²) in [5, 5.41) is 0. The number of aromatic nitrogens is 1. The van der Waals surface area contributed by atoms with Crippen molar-refractivity contribution in [3.63, 3.8) is 0 Å². The lowest BCUT2D eigenvalue weighted by molar-refractivity contribution is 0.0995. The van der Waals surface area contributed by atoms with Crippen LogP contribution in [0.4, 0.5) is 0 Å². The Morgan fingerprint density at radius 1 is 1.23 bits per heavy atom. The molecule has 6 heteroatoms. The Morgan fingerprint density at radius 3 is 2.73 bits per heavy atom. The summed E-state index contributed by atoms with van der Waals surface area (Å²) in [5.41, 5.74) is 1.49. The fraction of sp³-hybridized carbons (Fsp3) is 0.125. The summed E-state index contributed by atoms with van der Waals surface area (Å²) >= 11 is 5.01. The van der Waals surface area contributed by atoms with E-state index in [0.29, 0.717) is 16.1 Å². The van der Waals surface area contributed by atoms with Crippen molar-refractivity contribution in [3.8, 4) is 5.75 Å². The molecule has 3 aromatic rings.